The van der Waals surface area contributed by atoms with Gasteiger partial charge in [0.2, 0.25) is 15.9 Å². The molecule has 1 rings (SSSR count). The van der Waals surface area contributed by atoms with E-state index in [4.69, 9.17) is 0 Å². The molecule has 5 nitrogen and oxygen atoms in total. The number of nitrogens with one attached hydrogen (secondary N) is 1. The van der Waals surface area contributed by atoms with Gasteiger partial charge in [-0.1, -0.05) is 6.08 Å². The van der Waals surface area contributed by atoms with Gasteiger partial charge in [0, 0.05) is 19.6 Å². The quantitative estimate of drug-likeness (QED) is 0.708. The van der Waals surface area contributed by atoms with Crippen LogP contribution in [0.5, 0.6) is 0 Å². The third-order valence-electron chi connectivity index (χ3n) is 2.64. The Hall–Kier alpha value is -0.880. The lowest BCUT2D eigenvalue weighted by atomic mass is 9.99. The van der Waals surface area contributed by atoms with E-state index in [-0.39, 0.29) is 11.8 Å². The van der Waals surface area contributed by atoms with Crippen molar-refractivity contribution in [1.29, 1.82) is 0 Å². The molecule has 0 aromatic carbocycles. The van der Waals surface area contributed by atoms with Crippen LogP contribution in [-0.4, -0.2) is 44.5 Å². The van der Waals surface area contributed by atoms with E-state index in [2.05, 4.69) is 11.9 Å². The molecular formula is C10H18N2O3S. The van der Waals surface area contributed by atoms with Crippen LogP contribution in [0.3, 0.4) is 0 Å². The number of amides is 1. The predicted octanol–water partition coefficient (Wildman–Crippen LogP) is -0.0398. The maximum Gasteiger partial charge on any atom is 0.224 e. The summed E-state index contributed by atoms with van der Waals surface area (Å²) in [6.07, 6.45) is 4.26. The zero-order chi connectivity index (χ0) is 12.2. The largest absolute Gasteiger partial charge is 0.352 e. The third-order valence-corrected chi connectivity index (χ3v) is 3.91. The highest BCUT2D eigenvalue weighted by molar-refractivity contribution is 7.88. The average Bonchev–Trinajstić information content (AvgIpc) is 2.25. The number of sulfonamides is 1. The van der Waals surface area contributed by atoms with E-state index < -0.39 is 10.0 Å². The second-order valence-electron chi connectivity index (χ2n) is 3.99. The van der Waals surface area contributed by atoms with Crippen molar-refractivity contribution in [3.63, 3.8) is 0 Å². The molecule has 0 aromatic heterocycles. The minimum absolute atomic E-state index is 0.0896. The van der Waals surface area contributed by atoms with Gasteiger partial charge in [-0.2, -0.15) is 0 Å². The van der Waals surface area contributed by atoms with Crippen molar-refractivity contribution in [3.8, 4) is 0 Å². The molecule has 16 heavy (non-hydrogen) atoms. The molecule has 0 spiro atoms. The van der Waals surface area contributed by atoms with Crippen LogP contribution >= 0.6 is 0 Å². The maximum absolute atomic E-state index is 11.6. The van der Waals surface area contributed by atoms with Crippen LogP contribution in [0.4, 0.5) is 0 Å². The molecule has 1 fully saturated rings. The summed E-state index contributed by atoms with van der Waals surface area (Å²) in [5.74, 6) is -0.323. The molecule has 0 radical (unpaired) electrons. The molecule has 0 unspecified atom stereocenters. The lowest BCUT2D eigenvalue weighted by Crippen LogP contribution is -2.45. The Bertz CT molecular complexity index is 364. The molecule has 0 aromatic rings. The SMILES string of the molecule is C=CCNC(=O)[C@H]1CCCN(S(C)(=O)=O)C1. The van der Waals surface area contributed by atoms with E-state index in [9.17, 15) is 13.2 Å². The molecule has 6 heteroatoms. The highest BCUT2D eigenvalue weighted by Crippen LogP contribution is 2.18. The summed E-state index contributed by atoms with van der Waals surface area (Å²) in [4.78, 5) is 11.6. The van der Waals surface area contributed by atoms with Crippen LogP contribution in [0.15, 0.2) is 12.7 Å². The minimum Gasteiger partial charge on any atom is -0.352 e. The van der Waals surface area contributed by atoms with Crippen LogP contribution in [0.1, 0.15) is 12.8 Å². The summed E-state index contributed by atoms with van der Waals surface area (Å²) >= 11 is 0. The first-order chi connectivity index (χ1) is 7.45. The molecule has 1 aliphatic heterocycles. The molecule has 1 heterocycles. The number of rotatable bonds is 4. The molecule has 1 amide bonds. The fourth-order valence-electron chi connectivity index (χ4n) is 1.77. The van der Waals surface area contributed by atoms with Crippen molar-refractivity contribution >= 4 is 15.9 Å². The van der Waals surface area contributed by atoms with Crippen LogP contribution in [0.25, 0.3) is 0 Å². The normalized spacial score (nSPS) is 22.7. The number of hydrogen-bond donors (Lipinski definition) is 1. The fourth-order valence-corrected chi connectivity index (χ4v) is 2.69. The van der Waals surface area contributed by atoms with Gasteiger partial charge in [-0.25, -0.2) is 12.7 Å². The summed E-state index contributed by atoms with van der Waals surface area (Å²) in [5.41, 5.74) is 0. The summed E-state index contributed by atoms with van der Waals surface area (Å²) in [5, 5.41) is 2.70. The van der Waals surface area contributed by atoms with E-state index >= 15 is 0 Å². The topological polar surface area (TPSA) is 66.5 Å². The molecule has 0 saturated carbocycles. The van der Waals surface area contributed by atoms with Crippen LogP contribution in [-0.2, 0) is 14.8 Å². The van der Waals surface area contributed by atoms with Gasteiger partial charge in [-0.05, 0) is 12.8 Å². The Labute approximate surface area is 96.6 Å². The summed E-state index contributed by atoms with van der Waals surface area (Å²) < 4.78 is 24.1. The van der Waals surface area contributed by atoms with E-state index in [0.717, 1.165) is 12.8 Å². The Morgan fingerprint density at radius 2 is 2.31 bits per heavy atom. The molecular weight excluding hydrogens is 228 g/mol. The first-order valence-corrected chi connectivity index (χ1v) is 7.13. The summed E-state index contributed by atoms with van der Waals surface area (Å²) in [6.45, 7) is 4.75. The van der Waals surface area contributed by atoms with Crippen molar-refractivity contribution in [2.75, 3.05) is 25.9 Å². The van der Waals surface area contributed by atoms with Crippen LogP contribution < -0.4 is 5.32 Å². The average molecular weight is 246 g/mol. The molecule has 92 valence electrons. The van der Waals surface area contributed by atoms with Gasteiger partial charge >= 0.3 is 0 Å². The second-order valence-corrected chi connectivity index (χ2v) is 5.98. The maximum atomic E-state index is 11.6. The zero-order valence-corrected chi connectivity index (χ0v) is 10.3. The van der Waals surface area contributed by atoms with Crippen molar-refractivity contribution in [3.05, 3.63) is 12.7 Å². The molecule has 1 atom stereocenters. The Balaban J connectivity index is 2.57. The number of hydrogen-bond acceptors (Lipinski definition) is 3. The highest BCUT2D eigenvalue weighted by atomic mass is 32.2. The molecule has 1 aliphatic rings. The lowest BCUT2D eigenvalue weighted by molar-refractivity contribution is -0.125. The Kier molecular flexibility index (Phi) is 4.49. The number of nitrogens with zero attached hydrogens (tertiary/aromatic N) is 1. The van der Waals surface area contributed by atoms with Gasteiger partial charge in [-0.3, -0.25) is 4.79 Å². The smallest absolute Gasteiger partial charge is 0.224 e. The summed E-state index contributed by atoms with van der Waals surface area (Å²) in [6, 6.07) is 0. The Morgan fingerprint density at radius 1 is 1.62 bits per heavy atom. The number of carbonyl (C=O) groups excluding carboxylic acids is 1. The number of piperidine rings is 1. The first-order valence-electron chi connectivity index (χ1n) is 5.29. The van der Waals surface area contributed by atoms with Gasteiger partial charge in [0.1, 0.15) is 0 Å². The second kappa shape index (κ2) is 5.45. The van der Waals surface area contributed by atoms with Gasteiger partial charge in [0.05, 0.1) is 12.2 Å². The van der Waals surface area contributed by atoms with Gasteiger partial charge in [0.25, 0.3) is 0 Å². The molecule has 1 N–H and O–H groups in total. The molecule has 0 aliphatic carbocycles. The van der Waals surface area contributed by atoms with Gasteiger partial charge in [0.15, 0.2) is 0 Å². The van der Waals surface area contributed by atoms with Crippen molar-refractivity contribution in [2.45, 2.75) is 12.8 Å². The van der Waals surface area contributed by atoms with Gasteiger partial charge < -0.3 is 5.32 Å². The van der Waals surface area contributed by atoms with Crippen molar-refractivity contribution < 1.29 is 13.2 Å². The monoisotopic (exact) mass is 246 g/mol. The predicted molar refractivity (Wildman–Crippen MR) is 62.3 cm³/mol. The van der Waals surface area contributed by atoms with Gasteiger partial charge in [-0.15, -0.1) is 6.58 Å². The Morgan fingerprint density at radius 3 is 2.88 bits per heavy atom. The third kappa shape index (κ3) is 3.61. The van der Waals surface area contributed by atoms with E-state index in [1.54, 1.807) is 6.08 Å². The molecule has 0 bridgehead atoms. The van der Waals surface area contributed by atoms with E-state index in [1.807, 2.05) is 0 Å². The molecule has 1 saturated heterocycles. The standard InChI is InChI=1S/C10H18N2O3S/c1-3-6-11-10(13)9-5-4-7-12(8-9)16(2,14)15/h3,9H,1,4-8H2,2H3,(H,11,13)/t9-/m0/s1. The lowest BCUT2D eigenvalue weighted by Gasteiger charge is -2.29. The minimum atomic E-state index is -3.18. The highest BCUT2D eigenvalue weighted by Gasteiger charge is 2.29. The van der Waals surface area contributed by atoms with Crippen LogP contribution in [0.2, 0.25) is 0 Å². The fraction of sp³-hybridized carbons (Fsp3) is 0.700. The zero-order valence-electron chi connectivity index (χ0n) is 9.48. The first kappa shape index (κ1) is 13.2. The summed E-state index contributed by atoms with van der Waals surface area (Å²) in [7, 11) is -3.18. The van der Waals surface area contributed by atoms with Crippen molar-refractivity contribution in [2.24, 2.45) is 5.92 Å². The van der Waals surface area contributed by atoms with Crippen LogP contribution in [0, 0.1) is 5.92 Å². The van der Waals surface area contributed by atoms with E-state index in [0.29, 0.717) is 19.6 Å². The van der Waals surface area contributed by atoms with E-state index in [1.165, 1.54) is 10.6 Å². The van der Waals surface area contributed by atoms with Crippen molar-refractivity contribution in [1.82, 2.24) is 9.62 Å². The number of carbonyl (C=O) groups is 1.